The van der Waals surface area contributed by atoms with Gasteiger partial charge in [-0.1, -0.05) is 12.1 Å². The predicted molar refractivity (Wildman–Crippen MR) is 141 cm³/mol. The van der Waals surface area contributed by atoms with Crippen molar-refractivity contribution in [3.05, 3.63) is 84.5 Å². The van der Waals surface area contributed by atoms with Gasteiger partial charge in [0.1, 0.15) is 0 Å². The first kappa shape index (κ1) is 25.0. The van der Waals surface area contributed by atoms with Crippen molar-refractivity contribution < 1.29 is 28.6 Å². The Morgan fingerprint density at radius 3 is 1.45 bits per heavy atom. The molecule has 3 aromatic rings. The Labute approximate surface area is 218 Å². The van der Waals surface area contributed by atoms with Crippen LogP contribution in [-0.4, -0.2) is 39.2 Å². The van der Waals surface area contributed by atoms with Crippen LogP contribution in [0.5, 0.6) is 0 Å². The van der Waals surface area contributed by atoms with Gasteiger partial charge in [0.05, 0.1) is 55.1 Å². The Morgan fingerprint density at radius 2 is 1.00 bits per heavy atom. The third-order valence-corrected chi connectivity index (χ3v) is 6.10. The standard InChI is InChI=1S/C24H19I2NO6/c1-31-22(28)16-6-4-5-7-19(16)27(20-10-8-14(25)12-17(20)23(29)32-2)21-11-9-15(26)13-18(21)24(30)33-3/h4-13H,1-3H3. The topological polar surface area (TPSA) is 82.1 Å². The third kappa shape index (κ3) is 5.29. The fourth-order valence-electron chi connectivity index (χ4n) is 3.29. The number of benzene rings is 3. The SMILES string of the molecule is COC(=O)c1ccccc1N(c1ccc(I)cc1C(=O)OC)c1ccc(I)cc1C(=O)OC. The maximum absolute atomic E-state index is 12.7. The van der Waals surface area contributed by atoms with E-state index >= 15 is 0 Å². The highest BCUT2D eigenvalue weighted by Crippen LogP contribution is 2.41. The Balaban J connectivity index is 2.44. The maximum atomic E-state index is 12.7. The Kier molecular flexibility index (Phi) is 8.30. The molecule has 0 unspecified atom stereocenters. The van der Waals surface area contributed by atoms with Gasteiger partial charge in [-0.2, -0.15) is 0 Å². The van der Waals surface area contributed by atoms with Crippen molar-refractivity contribution in [3.8, 4) is 0 Å². The number of rotatable bonds is 6. The monoisotopic (exact) mass is 671 g/mol. The molecule has 0 aliphatic heterocycles. The van der Waals surface area contributed by atoms with Gasteiger partial charge in [0.15, 0.2) is 0 Å². The normalized spacial score (nSPS) is 10.3. The van der Waals surface area contributed by atoms with E-state index in [2.05, 4.69) is 45.2 Å². The summed E-state index contributed by atoms with van der Waals surface area (Å²) >= 11 is 4.20. The van der Waals surface area contributed by atoms with Crippen molar-refractivity contribution >= 4 is 80.2 Å². The summed E-state index contributed by atoms with van der Waals surface area (Å²) in [4.78, 5) is 39.7. The van der Waals surface area contributed by atoms with Crippen molar-refractivity contribution in [2.45, 2.75) is 0 Å². The number of halogens is 2. The average molecular weight is 671 g/mol. The summed E-state index contributed by atoms with van der Waals surface area (Å²) in [6.45, 7) is 0. The fourth-order valence-corrected chi connectivity index (χ4v) is 4.28. The number of hydrogen-bond acceptors (Lipinski definition) is 7. The van der Waals surface area contributed by atoms with E-state index in [9.17, 15) is 14.4 Å². The summed E-state index contributed by atoms with van der Waals surface area (Å²) in [6.07, 6.45) is 0. The number of carbonyl (C=O) groups excluding carboxylic acids is 3. The van der Waals surface area contributed by atoms with E-state index in [0.717, 1.165) is 7.14 Å². The van der Waals surface area contributed by atoms with Crippen LogP contribution in [0.1, 0.15) is 31.1 Å². The lowest BCUT2D eigenvalue weighted by Crippen LogP contribution is -2.21. The van der Waals surface area contributed by atoms with Crippen LogP contribution in [0.25, 0.3) is 0 Å². The van der Waals surface area contributed by atoms with Crippen LogP contribution in [0, 0.1) is 7.14 Å². The first-order valence-electron chi connectivity index (χ1n) is 9.55. The number of carbonyl (C=O) groups is 3. The largest absolute Gasteiger partial charge is 0.465 e. The van der Waals surface area contributed by atoms with Gasteiger partial charge < -0.3 is 19.1 Å². The van der Waals surface area contributed by atoms with Gasteiger partial charge in [0.25, 0.3) is 0 Å². The van der Waals surface area contributed by atoms with Crippen LogP contribution in [0.2, 0.25) is 0 Å². The Hall–Kier alpha value is -2.67. The van der Waals surface area contributed by atoms with Crippen molar-refractivity contribution in [1.82, 2.24) is 0 Å². The van der Waals surface area contributed by atoms with Crippen molar-refractivity contribution in [1.29, 1.82) is 0 Å². The van der Waals surface area contributed by atoms with E-state index in [1.165, 1.54) is 21.3 Å². The molecule has 0 aliphatic rings. The molecule has 3 rings (SSSR count). The second kappa shape index (κ2) is 11.0. The molecule has 0 saturated heterocycles. The molecule has 0 radical (unpaired) electrons. The number of methoxy groups -OCH3 is 3. The van der Waals surface area contributed by atoms with Crippen LogP contribution in [0.15, 0.2) is 60.7 Å². The lowest BCUT2D eigenvalue weighted by Gasteiger charge is -2.30. The minimum absolute atomic E-state index is 0.253. The zero-order valence-electron chi connectivity index (χ0n) is 17.9. The van der Waals surface area contributed by atoms with Gasteiger partial charge in [-0.3, -0.25) is 0 Å². The fraction of sp³-hybridized carbons (Fsp3) is 0.125. The number of para-hydroxylation sites is 1. The summed E-state index contributed by atoms with van der Waals surface area (Å²) in [5.41, 5.74) is 2.04. The van der Waals surface area contributed by atoms with Crippen LogP contribution < -0.4 is 4.90 Å². The highest BCUT2D eigenvalue weighted by atomic mass is 127. The zero-order chi connectivity index (χ0) is 24.1. The molecule has 9 heteroatoms. The van der Waals surface area contributed by atoms with Gasteiger partial charge >= 0.3 is 17.9 Å². The zero-order valence-corrected chi connectivity index (χ0v) is 22.2. The highest BCUT2D eigenvalue weighted by molar-refractivity contribution is 14.1. The molecule has 0 fully saturated rings. The third-order valence-electron chi connectivity index (χ3n) is 4.76. The molecule has 0 heterocycles. The number of nitrogens with zero attached hydrogens (tertiary/aromatic N) is 1. The van der Waals surface area contributed by atoms with Crippen LogP contribution in [0.3, 0.4) is 0 Å². The smallest absolute Gasteiger partial charge is 0.340 e. The molecular formula is C24H19I2NO6. The Morgan fingerprint density at radius 1 is 0.606 bits per heavy atom. The van der Waals surface area contributed by atoms with Crippen LogP contribution in [0.4, 0.5) is 17.1 Å². The molecule has 0 amide bonds. The van der Waals surface area contributed by atoms with Crippen LogP contribution in [-0.2, 0) is 14.2 Å². The van der Waals surface area contributed by atoms with E-state index in [4.69, 9.17) is 14.2 Å². The summed E-state index contributed by atoms with van der Waals surface area (Å²) in [5.74, 6) is -1.69. The second-order valence-corrected chi connectivity index (χ2v) is 9.14. The van der Waals surface area contributed by atoms with Gasteiger partial charge in [-0.15, -0.1) is 0 Å². The first-order chi connectivity index (χ1) is 15.8. The van der Waals surface area contributed by atoms with E-state index in [-0.39, 0.29) is 16.7 Å². The Bertz CT molecular complexity index is 1160. The van der Waals surface area contributed by atoms with E-state index < -0.39 is 17.9 Å². The lowest BCUT2D eigenvalue weighted by atomic mass is 10.0. The molecular weight excluding hydrogens is 652 g/mol. The van der Waals surface area contributed by atoms with E-state index in [0.29, 0.717) is 17.1 Å². The summed E-state index contributed by atoms with van der Waals surface area (Å²) in [5, 5.41) is 0. The minimum atomic E-state index is -0.564. The van der Waals surface area contributed by atoms with E-state index in [1.54, 1.807) is 53.4 Å². The molecule has 0 spiro atoms. The molecule has 0 saturated carbocycles. The molecule has 0 N–H and O–H groups in total. The van der Waals surface area contributed by atoms with Crippen molar-refractivity contribution in [2.24, 2.45) is 0 Å². The number of ether oxygens (including phenoxy) is 3. The van der Waals surface area contributed by atoms with Crippen LogP contribution >= 0.6 is 45.2 Å². The molecule has 0 bridgehead atoms. The lowest BCUT2D eigenvalue weighted by molar-refractivity contribution is 0.0593. The van der Waals surface area contributed by atoms with Crippen molar-refractivity contribution in [3.63, 3.8) is 0 Å². The molecule has 3 aromatic carbocycles. The summed E-state index contributed by atoms with van der Waals surface area (Å²) in [7, 11) is 3.88. The predicted octanol–water partition coefficient (Wildman–Crippen LogP) is 5.73. The first-order valence-corrected chi connectivity index (χ1v) is 11.7. The second-order valence-electron chi connectivity index (χ2n) is 6.65. The van der Waals surface area contributed by atoms with Gasteiger partial charge in [0.2, 0.25) is 0 Å². The molecule has 0 aromatic heterocycles. The maximum Gasteiger partial charge on any atom is 0.340 e. The molecule has 7 nitrogen and oxygen atoms in total. The number of anilines is 3. The summed E-state index contributed by atoms with van der Waals surface area (Å²) in [6, 6.07) is 17.3. The molecule has 33 heavy (non-hydrogen) atoms. The number of hydrogen-bond donors (Lipinski definition) is 0. The quantitative estimate of drug-likeness (QED) is 0.188. The van der Waals surface area contributed by atoms with Gasteiger partial charge in [-0.05, 0) is 93.7 Å². The van der Waals surface area contributed by atoms with E-state index in [1.807, 2.05) is 12.1 Å². The highest BCUT2D eigenvalue weighted by Gasteiger charge is 2.28. The van der Waals surface area contributed by atoms with Crippen molar-refractivity contribution in [2.75, 3.05) is 26.2 Å². The molecule has 170 valence electrons. The van der Waals surface area contributed by atoms with Gasteiger partial charge in [0, 0.05) is 7.14 Å². The van der Waals surface area contributed by atoms with Gasteiger partial charge in [-0.25, -0.2) is 14.4 Å². The summed E-state index contributed by atoms with van der Waals surface area (Å²) < 4.78 is 16.6. The molecule has 0 aliphatic carbocycles. The molecule has 0 atom stereocenters. The average Bonchev–Trinajstić information content (AvgIpc) is 2.84. The minimum Gasteiger partial charge on any atom is -0.465 e. The number of esters is 3.